The number of nitrogens with one attached hydrogen (secondary N) is 1. The van der Waals surface area contributed by atoms with Crippen LogP contribution in [0.25, 0.3) is 0 Å². The number of allylic oxidation sites excluding steroid dienone is 6. The van der Waals surface area contributed by atoms with Crippen LogP contribution >= 0.6 is 0 Å². The van der Waals surface area contributed by atoms with Crippen molar-refractivity contribution in [3.8, 4) is 5.75 Å². The van der Waals surface area contributed by atoms with E-state index in [0.717, 1.165) is 18.4 Å². The Morgan fingerprint density at radius 3 is 2.38 bits per heavy atom. The zero-order valence-corrected chi connectivity index (χ0v) is 19.1. The molecule has 1 amide bonds. The highest BCUT2D eigenvalue weighted by Gasteiger charge is 2.42. The smallest absolute Gasteiger partial charge is 0.259 e. The molecule has 0 unspecified atom stereocenters. The summed E-state index contributed by atoms with van der Waals surface area (Å²) in [7, 11) is 0. The van der Waals surface area contributed by atoms with Crippen LogP contribution in [0.1, 0.15) is 52.2 Å². The molecule has 0 aliphatic carbocycles. The number of carbonyl (C=O) groups excluding carboxylic acids is 2. The second-order valence-electron chi connectivity index (χ2n) is 8.47. The molecule has 0 radical (unpaired) electrons. The molecule has 172 valence electrons. The maximum Gasteiger partial charge on any atom is 0.259 e. The zero-order valence-electron chi connectivity index (χ0n) is 19.1. The van der Waals surface area contributed by atoms with Gasteiger partial charge in [-0.05, 0) is 49.0 Å². The summed E-state index contributed by atoms with van der Waals surface area (Å²) in [5, 5.41) is 32.5. The standard InChI is InChI=1S/C26H33NO5/c1-5-16(2)14-18(4)15-17(3)8-6-7-9-21(29)22-25(31)23(27-26(22)32)24(30)19-10-12-20(28)13-11-19/h6-13,15-16,18,23-24,28-30H,5,14H2,1-4H3,(H,27,32)/t16-,18+,23+,24+/m0/s1. The Hall–Kier alpha value is -3.12. The number of Topliss-reactive ketones (excluding diaryl/α,β-unsaturated/α-hetero) is 1. The molecule has 0 bridgehead atoms. The lowest BCUT2D eigenvalue weighted by molar-refractivity contribution is -0.118. The van der Waals surface area contributed by atoms with Gasteiger partial charge in [-0.2, -0.15) is 0 Å². The average molecular weight is 440 g/mol. The van der Waals surface area contributed by atoms with Crippen molar-refractivity contribution in [1.82, 2.24) is 5.32 Å². The maximum absolute atomic E-state index is 12.6. The molecule has 0 spiro atoms. The highest BCUT2D eigenvalue weighted by atomic mass is 16.3. The van der Waals surface area contributed by atoms with Gasteiger partial charge in [-0.1, -0.05) is 69.2 Å². The van der Waals surface area contributed by atoms with E-state index in [9.17, 15) is 24.9 Å². The van der Waals surface area contributed by atoms with Gasteiger partial charge in [0.05, 0.1) is 0 Å². The normalized spacial score (nSPS) is 21.8. The largest absolute Gasteiger partial charge is 0.508 e. The summed E-state index contributed by atoms with van der Waals surface area (Å²) in [6.45, 7) is 8.61. The molecule has 6 heteroatoms. The van der Waals surface area contributed by atoms with Gasteiger partial charge in [-0.25, -0.2) is 0 Å². The summed E-state index contributed by atoms with van der Waals surface area (Å²) in [4.78, 5) is 24.9. The second kappa shape index (κ2) is 11.5. The van der Waals surface area contributed by atoms with Gasteiger partial charge in [-0.3, -0.25) is 9.59 Å². The summed E-state index contributed by atoms with van der Waals surface area (Å²) in [5.41, 5.74) is 1.07. The summed E-state index contributed by atoms with van der Waals surface area (Å²) < 4.78 is 0. The lowest BCUT2D eigenvalue weighted by atomic mass is 9.94. The summed E-state index contributed by atoms with van der Waals surface area (Å²) in [6.07, 6.45) is 9.65. The van der Waals surface area contributed by atoms with Crippen molar-refractivity contribution in [2.75, 3.05) is 0 Å². The molecule has 1 aliphatic heterocycles. The van der Waals surface area contributed by atoms with Crippen molar-refractivity contribution >= 4 is 11.7 Å². The Morgan fingerprint density at radius 2 is 1.75 bits per heavy atom. The Labute approximate surface area is 189 Å². The number of rotatable bonds is 9. The number of hydrogen-bond acceptors (Lipinski definition) is 5. The number of carbonyl (C=O) groups is 2. The van der Waals surface area contributed by atoms with Crippen molar-refractivity contribution in [3.05, 3.63) is 77.1 Å². The lowest BCUT2D eigenvalue weighted by Crippen LogP contribution is -2.35. The molecule has 4 atom stereocenters. The third-order valence-corrected chi connectivity index (χ3v) is 5.59. The Balaban J connectivity index is 2.06. The molecule has 4 N–H and O–H groups in total. The summed E-state index contributed by atoms with van der Waals surface area (Å²) in [6, 6.07) is 4.48. The third-order valence-electron chi connectivity index (χ3n) is 5.59. The monoisotopic (exact) mass is 439 g/mol. The molecule has 1 fully saturated rings. The predicted octanol–water partition coefficient (Wildman–Crippen LogP) is 4.44. The number of aromatic hydroxyl groups is 1. The highest BCUT2D eigenvalue weighted by molar-refractivity contribution is 6.27. The Morgan fingerprint density at radius 1 is 1.12 bits per heavy atom. The van der Waals surface area contributed by atoms with E-state index in [0.29, 0.717) is 17.4 Å². The molecule has 0 aromatic heterocycles. The minimum absolute atomic E-state index is 0.0224. The molecule has 1 heterocycles. The van der Waals surface area contributed by atoms with Crippen LogP contribution in [-0.4, -0.2) is 33.1 Å². The predicted molar refractivity (Wildman–Crippen MR) is 125 cm³/mol. The van der Waals surface area contributed by atoms with E-state index in [-0.39, 0.29) is 11.3 Å². The topological polar surface area (TPSA) is 107 Å². The van der Waals surface area contributed by atoms with Crippen LogP contribution in [0, 0.1) is 11.8 Å². The number of phenolic OH excluding ortho intramolecular Hbond substituents is 1. The van der Waals surface area contributed by atoms with Gasteiger partial charge in [0.2, 0.25) is 0 Å². The van der Waals surface area contributed by atoms with Crippen LogP contribution in [0.15, 0.2) is 71.6 Å². The molecule has 1 saturated heterocycles. The minimum atomic E-state index is -1.30. The van der Waals surface area contributed by atoms with E-state index in [4.69, 9.17) is 0 Å². The van der Waals surface area contributed by atoms with Gasteiger partial charge in [0.15, 0.2) is 5.78 Å². The number of phenols is 1. The van der Waals surface area contributed by atoms with Gasteiger partial charge in [0.1, 0.15) is 29.2 Å². The molecule has 2 rings (SSSR count). The van der Waals surface area contributed by atoms with Crippen LogP contribution < -0.4 is 5.32 Å². The van der Waals surface area contributed by atoms with Crippen LogP contribution in [0.2, 0.25) is 0 Å². The molecule has 1 aromatic rings. The van der Waals surface area contributed by atoms with E-state index >= 15 is 0 Å². The first kappa shape index (κ1) is 25.1. The van der Waals surface area contributed by atoms with Crippen LogP contribution in [-0.2, 0) is 9.59 Å². The van der Waals surface area contributed by atoms with Crippen molar-refractivity contribution in [1.29, 1.82) is 0 Å². The molecular formula is C26H33NO5. The van der Waals surface area contributed by atoms with Gasteiger partial charge < -0.3 is 20.6 Å². The molecule has 32 heavy (non-hydrogen) atoms. The van der Waals surface area contributed by atoms with Gasteiger partial charge in [0, 0.05) is 0 Å². The fourth-order valence-corrected chi connectivity index (χ4v) is 3.69. The number of ketones is 1. The fraction of sp³-hybridized carbons (Fsp3) is 0.385. The van der Waals surface area contributed by atoms with E-state index in [1.165, 1.54) is 30.3 Å². The molecule has 6 nitrogen and oxygen atoms in total. The van der Waals surface area contributed by atoms with Crippen LogP contribution in [0.4, 0.5) is 0 Å². The molecule has 1 aromatic carbocycles. The molecule has 0 saturated carbocycles. The lowest BCUT2D eigenvalue weighted by Gasteiger charge is -2.16. The molecule has 1 aliphatic rings. The first-order valence-corrected chi connectivity index (χ1v) is 10.9. The van der Waals surface area contributed by atoms with Crippen molar-refractivity contribution in [2.24, 2.45) is 11.8 Å². The SMILES string of the molecule is CC[C@H](C)C[C@@H](C)C=C(C)C=CC=CC(O)=C1C(=O)N[C@H]([C@H](O)c2ccc(O)cc2)C1=O. The number of aliphatic hydroxyl groups is 2. The number of hydrogen-bond donors (Lipinski definition) is 4. The quantitative estimate of drug-likeness (QED) is 0.197. The number of amides is 1. The van der Waals surface area contributed by atoms with E-state index in [1.807, 2.05) is 13.0 Å². The number of aliphatic hydroxyl groups excluding tert-OH is 2. The number of benzene rings is 1. The minimum Gasteiger partial charge on any atom is -0.508 e. The van der Waals surface area contributed by atoms with E-state index < -0.39 is 29.6 Å². The fourth-order valence-electron chi connectivity index (χ4n) is 3.69. The first-order valence-electron chi connectivity index (χ1n) is 10.9. The van der Waals surface area contributed by atoms with Gasteiger partial charge in [-0.15, -0.1) is 0 Å². The Bertz CT molecular complexity index is 939. The van der Waals surface area contributed by atoms with Gasteiger partial charge >= 0.3 is 0 Å². The highest BCUT2D eigenvalue weighted by Crippen LogP contribution is 2.26. The van der Waals surface area contributed by atoms with Crippen LogP contribution in [0.5, 0.6) is 5.75 Å². The maximum atomic E-state index is 12.6. The third kappa shape index (κ3) is 6.69. The van der Waals surface area contributed by atoms with E-state index in [1.54, 1.807) is 12.2 Å². The average Bonchev–Trinajstić information content (AvgIpc) is 3.04. The first-order chi connectivity index (χ1) is 15.1. The summed E-state index contributed by atoms with van der Waals surface area (Å²) in [5.74, 6) is -0.715. The second-order valence-corrected chi connectivity index (χ2v) is 8.47. The van der Waals surface area contributed by atoms with Crippen molar-refractivity contribution < 1.29 is 24.9 Å². The summed E-state index contributed by atoms with van der Waals surface area (Å²) >= 11 is 0. The van der Waals surface area contributed by atoms with E-state index in [2.05, 4.69) is 32.2 Å². The van der Waals surface area contributed by atoms with Crippen molar-refractivity contribution in [3.63, 3.8) is 0 Å². The van der Waals surface area contributed by atoms with Crippen LogP contribution in [0.3, 0.4) is 0 Å². The Kier molecular flexibility index (Phi) is 9.02. The van der Waals surface area contributed by atoms with Gasteiger partial charge in [0.25, 0.3) is 5.91 Å². The van der Waals surface area contributed by atoms with Crippen molar-refractivity contribution in [2.45, 2.75) is 52.7 Å². The zero-order chi connectivity index (χ0) is 23.8. The molecular weight excluding hydrogens is 406 g/mol.